The first-order chi connectivity index (χ1) is 7.22. The van der Waals surface area contributed by atoms with Crippen LogP contribution < -0.4 is 10.5 Å². The zero-order valence-corrected chi connectivity index (χ0v) is 9.06. The average Bonchev–Trinajstić information content (AvgIpc) is 2.28. The molecular formula is C11H16N2O2. The molecule has 0 saturated heterocycles. The summed E-state index contributed by atoms with van der Waals surface area (Å²) in [4.78, 5) is 14.8. The van der Waals surface area contributed by atoms with E-state index in [4.69, 9.17) is 10.5 Å². The van der Waals surface area contributed by atoms with Crippen LogP contribution in [0, 0.1) is 0 Å². The van der Waals surface area contributed by atoms with Crippen LogP contribution in [0.5, 0.6) is 5.75 Å². The number of methoxy groups -OCH3 is 1. The maximum atomic E-state index is 10.6. The summed E-state index contributed by atoms with van der Waals surface area (Å²) in [6.45, 7) is 2.05. The van der Waals surface area contributed by atoms with Crippen molar-refractivity contribution in [3.05, 3.63) is 23.5 Å². The van der Waals surface area contributed by atoms with Crippen molar-refractivity contribution in [1.82, 2.24) is 4.98 Å². The number of carbonyl (C=O) groups is 1. The monoisotopic (exact) mass is 208 g/mol. The Bertz CT molecular complexity index is 339. The molecule has 1 aromatic heterocycles. The van der Waals surface area contributed by atoms with Gasteiger partial charge in [0.1, 0.15) is 11.4 Å². The first-order valence-electron chi connectivity index (χ1n) is 4.98. The molecule has 0 aromatic carbocycles. The minimum Gasteiger partial charge on any atom is -0.495 e. The molecule has 1 atom stereocenters. The van der Waals surface area contributed by atoms with Crippen LogP contribution in [0.15, 0.2) is 12.1 Å². The van der Waals surface area contributed by atoms with Crippen molar-refractivity contribution in [2.45, 2.75) is 25.8 Å². The third-order valence-corrected chi connectivity index (χ3v) is 2.20. The number of pyridine rings is 1. The highest BCUT2D eigenvalue weighted by Gasteiger charge is 2.13. The Hall–Kier alpha value is -1.42. The van der Waals surface area contributed by atoms with Gasteiger partial charge in [-0.1, -0.05) is 13.3 Å². The molecule has 82 valence electrons. The molecule has 2 N–H and O–H groups in total. The van der Waals surface area contributed by atoms with Crippen molar-refractivity contribution < 1.29 is 9.53 Å². The van der Waals surface area contributed by atoms with Crippen molar-refractivity contribution in [2.75, 3.05) is 7.11 Å². The van der Waals surface area contributed by atoms with Crippen molar-refractivity contribution in [1.29, 1.82) is 0 Å². The van der Waals surface area contributed by atoms with Crippen LogP contribution in [0.25, 0.3) is 0 Å². The minimum absolute atomic E-state index is 0.176. The zero-order valence-electron chi connectivity index (χ0n) is 9.06. The second-order valence-corrected chi connectivity index (χ2v) is 3.34. The molecule has 0 unspecified atom stereocenters. The van der Waals surface area contributed by atoms with Gasteiger partial charge in [-0.2, -0.15) is 0 Å². The van der Waals surface area contributed by atoms with E-state index in [0.29, 0.717) is 23.4 Å². The Morgan fingerprint density at radius 3 is 2.87 bits per heavy atom. The van der Waals surface area contributed by atoms with Crippen LogP contribution in [0.1, 0.15) is 42.0 Å². The normalized spacial score (nSPS) is 12.2. The first kappa shape index (κ1) is 11.7. The molecular weight excluding hydrogens is 192 g/mol. The Balaban J connectivity index is 3.05. The summed E-state index contributed by atoms with van der Waals surface area (Å²) in [5.74, 6) is 0.640. The largest absolute Gasteiger partial charge is 0.495 e. The van der Waals surface area contributed by atoms with Gasteiger partial charge in [0, 0.05) is 0 Å². The summed E-state index contributed by atoms with van der Waals surface area (Å²) >= 11 is 0. The molecule has 0 aliphatic rings. The van der Waals surface area contributed by atoms with E-state index in [9.17, 15) is 4.79 Å². The number of nitrogens with two attached hydrogens (primary N) is 1. The van der Waals surface area contributed by atoms with Crippen LogP contribution in [0.2, 0.25) is 0 Å². The maximum absolute atomic E-state index is 10.6. The van der Waals surface area contributed by atoms with E-state index >= 15 is 0 Å². The predicted molar refractivity (Wildman–Crippen MR) is 58.0 cm³/mol. The maximum Gasteiger partial charge on any atom is 0.168 e. The summed E-state index contributed by atoms with van der Waals surface area (Å²) in [6.07, 6.45) is 2.50. The number of carbonyl (C=O) groups excluding carboxylic acids is 1. The average molecular weight is 208 g/mol. The number of rotatable bonds is 5. The van der Waals surface area contributed by atoms with Gasteiger partial charge in [-0.25, -0.2) is 4.98 Å². The minimum atomic E-state index is -0.176. The van der Waals surface area contributed by atoms with Crippen LogP contribution in [-0.4, -0.2) is 18.4 Å². The fourth-order valence-electron chi connectivity index (χ4n) is 1.43. The highest BCUT2D eigenvalue weighted by molar-refractivity contribution is 5.72. The first-order valence-corrected chi connectivity index (χ1v) is 4.98. The standard InChI is InChI=1S/C11H16N2O2/c1-3-4-9(12)11-10(15-2)6-5-8(7-14)13-11/h5-7,9H,3-4,12H2,1-2H3/t9-/m1/s1. The fraction of sp³-hybridized carbons (Fsp3) is 0.455. The molecule has 0 amide bonds. The number of nitrogens with zero attached hydrogens (tertiary/aromatic N) is 1. The van der Waals surface area contributed by atoms with Crippen LogP contribution in [-0.2, 0) is 0 Å². The summed E-state index contributed by atoms with van der Waals surface area (Å²) in [6, 6.07) is 3.17. The molecule has 15 heavy (non-hydrogen) atoms. The Morgan fingerprint density at radius 2 is 2.33 bits per heavy atom. The molecule has 0 aliphatic heterocycles. The lowest BCUT2D eigenvalue weighted by Crippen LogP contribution is -2.14. The molecule has 0 bridgehead atoms. The molecule has 4 heteroatoms. The third-order valence-electron chi connectivity index (χ3n) is 2.20. The van der Waals surface area contributed by atoms with Crippen LogP contribution in [0.4, 0.5) is 0 Å². The quantitative estimate of drug-likeness (QED) is 0.748. The highest BCUT2D eigenvalue weighted by atomic mass is 16.5. The number of aldehydes is 1. The van der Waals surface area contributed by atoms with Crippen molar-refractivity contribution in [3.63, 3.8) is 0 Å². The van der Waals surface area contributed by atoms with Crippen molar-refractivity contribution in [2.24, 2.45) is 5.73 Å². The Kier molecular flexibility index (Phi) is 4.24. The number of hydrogen-bond donors (Lipinski definition) is 1. The molecule has 1 aromatic rings. The van der Waals surface area contributed by atoms with E-state index in [0.717, 1.165) is 12.8 Å². The molecule has 0 aliphatic carbocycles. The van der Waals surface area contributed by atoms with Gasteiger partial charge < -0.3 is 10.5 Å². The summed E-state index contributed by atoms with van der Waals surface area (Å²) in [5.41, 5.74) is 6.99. The number of hydrogen-bond acceptors (Lipinski definition) is 4. The lowest BCUT2D eigenvalue weighted by Gasteiger charge is -2.13. The molecule has 0 saturated carbocycles. The van der Waals surface area contributed by atoms with Crippen LogP contribution in [0.3, 0.4) is 0 Å². The smallest absolute Gasteiger partial charge is 0.168 e. The third kappa shape index (κ3) is 2.76. The summed E-state index contributed by atoms with van der Waals surface area (Å²) in [7, 11) is 1.57. The second-order valence-electron chi connectivity index (χ2n) is 3.34. The van der Waals surface area contributed by atoms with Gasteiger partial charge in [-0.15, -0.1) is 0 Å². The van der Waals surface area contributed by atoms with Gasteiger partial charge in [-0.05, 0) is 18.6 Å². The van der Waals surface area contributed by atoms with E-state index in [1.54, 1.807) is 19.2 Å². The van der Waals surface area contributed by atoms with E-state index in [1.165, 1.54) is 0 Å². The predicted octanol–water partition coefficient (Wildman–Crippen LogP) is 1.70. The van der Waals surface area contributed by atoms with Gasteiger partial charge >= 0.3 is 0 Å². The molecule has 1 rings (SSSR count). The Labute approximate surface area is 89.5 Å². The van der Waals surface area contributed by atoms with Gasteiger partial charge in [0.25, 0.3) is 0 Å². The lowest BCUT2D eigenvalue weighted by molar-refractivity contribution is 0.111. The Morgan fingerprint density at radius 1 is 1.60 bits per heavy atom. The lowest BCUT2D eigenvalue weighted by atomic mass is 10.1. The van der Waals surface area contributed by atoms with E-state index in [1.807, 2.05) is 0 Å². The van der Waals surface area contributed by atoms with Gasteiger partial charge in [-0.3, -0.25) is 4.79 Å². The number of aromatic nitrogens is 1. The van der Waals surface area contributed by atoms with E-state index in [-0.39, 0.29) is 6.04 Å². The van der Waals surface area contributed by atoms with Crippen molar-refractivity contribution >= 4 is 6.29 Å². The molecule has 0 spiro atoms. The van der Waals surface area contributed by atoms with Gasteiger partial charge in [0.15, 0.2) is 6.29 Å². The van der Waals surface area contributed by atoms with E-state index < -0.39 is 0 Å². The summed E-state index contributed by atoms with van der Waals surface area (Å²) < 4.78 is 5.15. The fourth-order valence-corrected chi connectivity index (χ4v) is 1.43. The van der Waals surface area contributed by atoms with Gasteiger partial charge in [0.05, 0.1) is 18.8 Å². The van der Waals surface area contributed by atoms with Gasteiger partial charge in [0.2, 0.25) is 0 Å². The molecule has 4 nitrogen and oxygen atoms in total. The topological polar surface area (TPSA) is 65.2 Å². The van der Waals surface area contributed by atoms with Crippen molar-refractivity contribution in [3.8, 4) is 5.75 Å². The molecule has 0 fully saturated rings. The molecule has 1 heterocycles. The second kappa shape index (κ2) is 5.46. The number of ether oxygens (including phenoxy) is 1. The summed E-state index contributed by atoms with van der Waals surface area (Å²) in [5, 5.41) is 0. The molecule has 0 radical (unpaired) electrons. The highest BCUT2D eigenvalue weighted by Crippen LogP contribution is 2.24. The van der Waals surface area contributed by atoms with E-state index in [2.05, 4.69) is 11.9 Å². The van der Waals surface area contributed by atoms with Crippen LogP contribution >= 0.6 is 0 Å². The zero-order chi connectivity index (χ0) is 11.3. The SMILES string of the molecule is CCC[C@@H](N)c1nc(C=O)ccc1OC.